The van der Waals surface area contributed by atoms with Gasteiger partial charge in [-0.3, -0.25) is 4.79 Å². The van der Waals surface area contributed by atoms with Crippen LogP contribution >= 0.6 is 11.6 Å². The minimum absolute atomic E-state index is 0.0875. The van der Waals surface area contributed by atoms with E-state index in [4.69, 9.17) is 17.3 Å². The minimum Gasteiger partial charge on any atom is -0.352 e. The molecule has 2 fully saturated rings. The number of sulfonamides is 1. The summed E-state index contributed by atoms with van der Waals surface area (Å²) in [5, 5.41) is 3.78. The molecule has 0 unspecified atom stereocenters. The zero-order valence-corrected chi connectivity index (χ0v) is 27.3. The number of carbonyl (C=O) groups excluding carboxylic acids is 1. The summed E-state index contributed by atoms with van der Waals surface area (Å²) in [5.74, 6) is 1.16. The Hall–Kier alpha value is -2.71. The van der Waals surface area contributed by atoms with Crippen LogP contribution in [0, 0.1) is 11.8 Å². The number of carbonyl (C=O) groups is 1. The second kappa shape index (κ2) is 15.0. The van der Waals surface area contributed by atoms with Crippen LogP contribution in [0.4, 0.5) is 0 Å². The van der Waals surface area contributed by atoms with Gasteiger partial charge in [0.1, 0.15) is 0 Å². The Balaban J connectivity index is 1.24. The molecule has 8 heteroatoms. The monoisotopic (exact) mass is 635 g/mol. The van der Waals surface area contributed by atoms with Crippen molar-refractivity contribution in [3.05, 3.63) is 89.4 Å². The van der Waals surface area contributed by atoms with Gasteiger partial charge in [0.2, 0.25) is 15.9 Å². The van der Waals surface area contributed by atoms with Gasteiger partial charge in [-0.1, -0.05) is 79.2 Å². The van der Waals surface area contributed by atoms with E-state index in [1.807, 2.05) is 61.5 Å². The van der Waals surface area contributed by atoms with E-state index < -0.39 is 10.0 Å². The molecule has 2 aliphatic carbocycles. The highest BCUT2D eigenvalue weighted by molar-refractivity contribution is 7.89. The topological polar surface area (TPSA) is 92.5 Å². The molecule has 0 heterocycles. The summed E-state index contributed by atoms with van der Waals surface area (Å²) in [6.45, 7) is 1.98. The second-order valence-corrected chi connectivity index (χ2v) is 15.3. The van der Waals surface area contributed by atoms with Crippen LogP contribution < -0.4 is 11.1 Å². The maximum Gasteiger partial charge on any atom is 0.243 e. The minimum atomic E-state index is -3.95. The Kier molecular flexibility index (Phi) is 11.2. The predicted molar refractivity (Wildman–Crippen MR) is 179 cm³/mol. The molecule has 1 atom stereocenters. The molecule has 0 saturated heterocycles. The number of nitrogens with two attached hydrogens (primary N) is 1. The zero-order valence-electron chi connectivity index (χ0n) is 25.7. The van der Waals surface area contributed by atoms with Gasteiger partial charge in [0.05, 0.1) is 11.4 Å². The fourth-order valence-electron chi connectivity index (χ4n) is 6.96. The highest BCUT2D eigenvalue weighted by Crippen LogP contribution is 2.35. The summed E-state index contributed by atoms with van der Waals surface area (Å²) < 4.78 is 29.3. The molecule has 5 rings (SSSR count). The molecule has 3 N–H and O–H groups in total. The fourth-order valence-corrected chi connectivity index (χ4v) is 8.69. The molecule has 3 aromatic rings. The van der Waals surface area contributed by atoms with Crippen LogP contribution in [-0.4, -0.2) is 43.8 Å². The molecule has 0 aromatic heterocycles. The van der Waals surface area contributed by atoms with E-state index in [-0.39, 0.29) is 35.9 Å². The van der Waals surface area contributed by atoms with Crippen LogP contribution in [0.15, 0.2) is 83.8 Å². The first kappa shape index (κ1) is 32.7. The number of amides is 1. The van der Waals surface area contributed by atoms with Gasteiger partial charge in [-0.2, -0.15) is 4.31 Å². The molecule has 6 nitrogen and oxygen atoms in total. The third kappa shape index (κ3) is 8.51. The van der Waals surface area contributed by atoms with Gasteiger partial charge in [-0.15, -0.1) is 0 Å². The van der Waals surface area contributed by atoms with Crippen molar-refractivity contribution >= 4 is 27.5 Å². The van der Waals surface area contributed by atoms with Crippen molar-refractivity contribution < 1.29 is 13.2 Å². The molecule has 0 aliphatic heterocycles. The quantitative estimate of drug-likeness (QED) is 0.230. The molecule has 2 saturated carbocycles. The third-order valence-corrected chi connectivity index (χ3v) is 11.8. The van der Waals surface area contributed by atoms with Gasteiger partial charge < -0.3 is 11.1 Å². The number of benzene rings is 3. The lowest BCUT2D eigenvalue weighted by molar-refractivity contribution is -0.122. The summed E-state index contributed by atoms with van der Waals surface area (Å²) in [6.07, 6.45) is 10.1. The number of rotatable bonds is 11. The van der Waals surface area contributed by atoms with E-state index in [0.29, 0.717) is 17.0 Å². The van der Waals surface area contributed by atoms with Gasteiger partial charge in [0.25, 0.3) is 0 Å². The third-order valence-electron chi connectivity index (χ3n) is 9.61. The Morgan fingerprint density at radius 2 is 1.45 bits per heavy atom. The molecule has 0 radical (unpaired) electrons. The van der Waals surface area contributed by atoms with Crippen LogP contribution in [0.3, 0.4) is 0 Å². The first-order valence-electron chi connectivity index (χ1n) is 16.1. The number of hydrogen-bond acceptors (Lipinski definition) is 4. The van der Waals surface area contributed by atoms with E-state index in [1.165, 1.54) is 23.6 Å². The number of hydrogen-bond donors (Lipinski definition) is 2. The van der Waals surface area contributed by atoms with Crippen molar-refractivity contribution in [3.8, 4) is 11.1 Å². The van der Waals surface area contributed by atoms with Gasteiger partial charge in [-0.05, 0) is 105 Å². The summed E-state index contributed by atoms with van der Waals surface area (Å²) in [7, 11) is -3.95. The first-order valence-corrected chi connectivity index (χ1v) is 18.0. The molecule has 2 aliphatic rings. The predicted octanol–water partition coefficient (Wildman–Crippen LogP) is 7.38. The number of halogens is 1. The average molecular weight is 636 g/mol. The molecular weight excluding hydrogens is 590 g/mol. The zero-order chi connectivity index (χ0) is 31.1. The summed E-state index contributed by atoms with van der Waals surface area (Å²) >= 11 is 6.37. The van der Waals surface area contributed by atoms with Crippen LogP contribution in [0.5, 0.6) is 0 Å². The smallest absolute Gasteiger partial charge is 0.243 e. The highest BCUT2D eigenvalue weighted by atomic mass is 35.5. The second-order valence-electron chi connectivity index (χ2n) is 12.9. The average Bonchev–Trinajstić information content (AvgIpc) is 3.03. The number of nitrogens with one attached hydrogen (secondary N) is 1. The molecule has 236 valence electrons. The maximum absolute atomic E-state index is 14.0. The highest BCUT2D eigenvalue weighted by Gasteiger charge is 2.31. The van der Waals surface area contributed by atoms with Gasteiger partial charge >= 0.3 is 0 Å². The van der Waals surface area contributed by atoms with E-state index in [2.05, 4.69) is 5.32 Å². The van der Waals surface area contributed by atoms with Gasteiger partial charge in [0, 0.05) is 29.2 Å². The standard InChI is InChI=1S/C36H46ClN3O3S/c1-26(29-7-3-2-4-8-29)24-40(44(42,43)33-21-15-30(16-22-33)34-9-5-6-10-35(34)37)25-36(41)39-32-19-13-28(14-20-32)23-27-11-17-31(38)18-12-27/h2-10,15-16,21-22,26-28,31-32H,11-14,17-20,23-25,38H2,1H3,(H,39,41)/t26-,27?,28?,31?,32?/m1/s1. The van der Waals surface area contributed by atoms with Crippen molar-refractivity contribution in [2.24, 2.45) is 17.6 Å². The van der Waals surface area contributed by atoms with Crippen molar-refractivity contribution in [1.29, 1.82) is 0 Å². The fraction of sp³-hybridized carbons (Fsp3) is 0.472. The molecule has 3 aromatic carbocycles. The van der Waals surface area contributed by atoms with Gasteiger partial charge in [-0.25, -0.2) is 8.42 Å². The Bertz CT molecular complexity index is 1470. The lowest BCUT2D eigenvalue weighted by Gasteiger charge is -2.34. The Morgan fingerprint density at radius 3 is 2.09 bits per heavy atom. The van der Waals surface area contributed by atoms with Crippen molar-refractivity contribution in [2.45, 2.75) is 87.6 Å². The normalized spacial score (nSPS) is 23.3. The molecule has 1 amide bonds. The van der Waals surface area contributed by atoms with Crippen LogP contribution in [-0.2, 0) is 14.8 Å². The summed E-state index contributed by atoms with van der Waals surface area (Å²) in [5.41, 5.74) is 8.79. The lowest BCUT2D eigenvalue weighted by Crippen LogP contribution is -2.46. The van der Waals surface area contributed by atoms with Crippen LogP contribution in [0.25, 0.3) is 11.1 Å². The number of nitrogens with zero attached hydrogens (tertiary/aromatic N) is 1. The largest absolute Gasteiger partial charge is 0.352 e. The molecular formula is C36H46ClN3O3S. The van der Waals surface area contributed by atoms with E-state index in [0.717, 1.165) is 61.1 Å². The summed E-state index contributed by atoms with van der Waals surface area (Å²) in [6, 6.07) is 24.5. The van der Waals surface area contributed by atoms with Crippen molar-refractivity contribution in [3.63, 3.8) is 0 Å². The molecule has 0 bridgehead atoms. The van der Waals surface area contributed by atoms with E-state index >= 15 is 0 Å². The summed E-state index contributed by atoms with van der Waals surface area (Å²) in [4.78, 5) is 13.5. The van der Waals surface area contributed by atoms with Gasteiger partial charge in [0.15, 0.2) is 0 Å². The first-order chi connectivity index (χ1) is 21.2. The maximum atomic E-state index is 14.0. The van der Waals surface area contributed by atoms with Crippen LogP contribution in [0.1, 0.15) is 76.2 Å². The van der Waals surface area contributed by atoms with E-state index in [9.17, 15) is 13.2 Å². The molecule has 44 heavy (non-hydrogen) atoms. The van der Waals surface area contributed by atoms with Crippen molar-refractivity contribution in [1.82, 2.24) is 9.62 Å². The van der Waals surface area contributed by atoms with Crippen LogP contribution in [0.2, 0.25) is 5.02 Å². The lowest BCUT2D eigenvalue weighted by atomic mass is 9.76. The Labute approximate surface area is 268 Å². The van der Waals surface area contributed by atoms with E-state index in [1.54, 1.807) is 24.3 Å². The molecule has 0 spiro atoms. The Morgan fingerprint density at radius 1 is 0.864 bits per heavy atom. The SMILES string of the molecule is C[C@H](CN(CC(=O)NC1CCC(CC2CCC(N)CC2)CC1)S(=O)(=O)c1ccc(-c2ccccc2Cl)cc1)c1ccccc1. The van der Waals surface area contributed by atoms with Crippen molar-refractivity contribution in [2.75, 3.05) is 13.1 Å².